The molecule has 2 aliphatic rings. The van der Waals surface area contributed by atoms with Gasteiger partial charge in [0, 0.05) is 30.4 Å². The van der Waals surface area contributed by atoms with Gasteiger partial charge in [-0.25, -0.2) is 0 Å². The number of rotatable bonds is 2. The van der Waals surface area contributed by atoms with Crippen molar-refractivity contribution in [3.8, 4) is 0 Å². The van der Waals surface area contributed by atoms with E-state index in [0.29, 0.717) is 6.04 Å². The lowest BCUT2D eigenvalue weighted by Crippen LogP contribution is -2.26. The lowest BCUT2D eigenvalue weighted by atomic mass is 10.0. The third-order valence-corrected chi connectivity index (χ3v) is 3.78. The molecule has 82 valence electrons. The van der Waals surface area contributed by atoms with E-state index in [1.54, 1.807) is 0 Å². The molecule has 0 amide bonds. The molecule has 15 heavy (non-hydrogen) atoms. The van der Waals surface area contributed by atoms with Crippen molar-refractivity contribution in [1.82, 2.24) is 15.1 Å². The molecular weight excluding hydrogens is 186 g/mol. The molecule has 0 radical (unpaired) electrons. The molecule has 2 unspecified atom stereocenters. The Bertz CT molecular complexity index is 390. The molecule has 3 nitrogen and oxygen atoms in total. The maximum atomic E-state index is 4.52. The van der Waals surface area contributed by atoms with Crippen molar-refractivity contribution in [2.45, 2.75) is 45.2 Å². The van der Waals surface area contributed by atoms with E-state index in [0.717, 1.165) is 12.0 Å². The summed E-state index contributed by atoms with van der Waals surface area (Å²) in [7, 11) is 2.07. The maximum absolute atomic E-state index is 4.52. The van der Waals surface area contributed by atoms with Crippen LogP contribution in [0.4, 0.5) is 0 Å². The second-order valence-electron chi connectivity index (χ2n) is 5.17. The SMILES string of the molecule is Cc1nn(C)c2c1C(NC1CC1)C(C)C2. The predicted octanol–water partition coefficient (Wildman–Crippen LogP) is 1.71. The van der Waals surface area contributed by atoms with Gasteiger partial charge in [-0.1, -0.05) is 6.92 Å². The summed E-state index contributed by atoms with van der Waals surface area (Å²) in [6.07, 6.45) is 3.90. The summed E-state index contributed by atoms with van der Waals surface area (Å²) in [5.41, 5.74) is 4.14. The minimum absolute atomic E-state index is 0.557. The normalized spacial score (nSPS) is 29.5. The van der Waals surface area contributed by atoms with Crippen LogP contribution in [-0.4, -0.2) is 15.8 Å². The van der Waals surface area contributed by atoms with E-state index in [1.807, 2.05) is 0 Å². The molecule has 0 saturated heterocycles. The van der Waals surface area contributed by atoms with Crippen molar-refractivity contribution in [3.05, 3.63) is 17.0 Å². The predicted molar refractivity (Wildman–Crippen MR) is 59.7 cm³/mol. The highest BCUT2D eigenvalue weighted by Crippen LogP contribution is 2.39. The Morgan fingerprint density at radius 1 is 1.40 bits per heavy atom. The number of hydrogen-bond donors (Lipinski definition) is 1. The van der Waals surface area contributed by atoms with Gasteiger partial charge in [0.1, 0.15) is 0 Å². The fourth-order valence-corrected chi connectivity index (χ4v) is 2.83. The third-order valence-electron chi connectivity index (χ3n) is 3.78. The van der Waals surface area contributed by atoms with Crippen LogP contribution in [0.2, 0.25) is 0 Å². The van der Waals surface area contributed by atoms with E-state index in [1.165, 1.54) is 36.2 Å². The van der Waals surface area contributed by atoms with Gasteiger partial charge in [-0.15, -0.1) is 0 Å². The van der Waals surface area contributed by atoms with Crippen LogP contribution in [0.3, 0.4) is 0 Å². The molecule has 1 saturated carbocycles. The minimum atomic E-state index is 0.557. The van der Waals surface area contributed by atoms with Crippen LogP contribution in [0.1, 0.15) is 42.8 Å². The minimum Gasteiger partial charge on any atom is -0.307 e. The van der Waals surface area contributed by atoms with Crippen molar-refractivity contribution >= 4 is 0 Å². The Hall–Kier alpha value is -0.830. The van der Waals surface area contributed by atoms with Crippen molar-refractivity contribution in [1.29, 1.82) is 0 Å². The number of aryl methyl sites for hydroxylation is 2. The fraction of sp³-hybridized carbons (Fsp3) is 0.750. The van der Waals surface area contributed by atoms with Gasteiger partial charge in [0.15, 0.2) is 0 Å². The molecule has 3 rings (SSSR count). The second kappa shape index (κ2) is 3.08. The van der Waals surface area contributed by atoms with E-state index in [9.17, 15) is 0 Å². The van der Waals surface area contributed by atoms with E-state index >= 15 is 0 Å². The zero-order chi connectivity index (χ0) is 10.6. The first-order valence-corrected chi connectivity index (χ1v) is 5.95. The van der Waals surface area contributed by atoms with Crippen LogP contribution in [-0.2, 0) is 13.5 Å². The molecule has 1 aromatic rings. The first-order valence-electron chi connectivity index (χ1n) is 5.95. The molecule has 3 heteroatoms. The lowest BCUT2D eigenvalue weighted by Gasteiger charge is -2.18. The Morgan fingerprint density at radius 2 is 2.13 bits per heavy atom. The van der Waals surface area contributed by atoms with E-state index in [4.69, 9.17) is 0 Å². The smallest absolute Gasteiger partial charge is 0.0644 e. The van der Waals surface area contributed by atoms with Gasteiger partial charge < -0.3 is 5.32 Å². The topological polar surface area (TPSA) is 29.9 Å². The molecule has 0 aliphatic heterocycles. The van der Waals surface area contributed by atoms with E-state index in [2.05, 4.69) is 36.0 Å². The van der Waals surface area contributed by atoms with Gasteiger partial charge in [-0.05, 0) is 32.1 Å². The van der Waals surface area contributed by atoms with E-state index < -0.39 is 0 Å². The Morgan fingerprint density at radius 3 is 2.80 bits per heavy atom. The summed E-state index contributed by atoms with van der Waals surface area (Å²) in [5.74, 6) is 0.725. The van der Waals surface area contributed by atoms with Crippen molar-refractivity contribution < 1.29 is 0 Å². The largest absolute Gasteiger partial charge is 0.307 e. The Balaban J connectivity index is 1.95. The lowest BCUT2D eigenvalue weighted by molar-refractivity contribution is 0.407. The summed E-state index contributed by atoms with van der Waals surface area (Å²) in [4.78, 5) is 0. The molecule has 0 aromatic carbocycles. The molecule has 0 spiro atoms. The molecular formula is C12H19N3. The second-order valence-corrected chi connectivity index (χ2v) is 5.17. The summed E-state index contributed by atoms with van der Waals surface area (Å²) in [5, 5.41) is 8.28. The van der Waals surface area contributed by atoms with Crippen LogP contribution < -0.4 is 5.32 Å². The summed E-state index contributed by atoms with van der Waals surface area (Å²) >= 11 is 0. The fourth-order valence-electron chi connectivity index (χ4n) is 2.83. The third kappa shape index (κ3) is 1.41. The van der Waals surface area contributed by atoms with E-state index in [-0.39, 0.29) is 0 Å². The van der Waals surface area contributed by atoms with Crippen LogP contribution >= 0.6 is 0 Å². The highest BCUT2D eigenvalue weighted by molar-refractivity contribution is 5.35. The van der Waals surface area contributed by atoms with Crippen LogP contribution in [0.25, 0.3) is 0 Å². The Kier molecular flexibility index (Phi) is 1.93. The zero-order valence-corrected chi connectivity index (χ0v) is 9.75. The average Bonchev–Trinajstić information content (AvgIpc) is 2.86. The van der Waals surface area contributed by atoms with Gasteiger partial charge in [0.05, 0.1) is 5.69 Å². The highest BCUT2D eigenvalue weighted by Gasteiger charge is 2.37. The first kappa shape index (κ1) is 9.40. The van der Waals surface area contributed by atoms with Gasteiger partial charge in [-0.3, -0.25) is 4.68 Å². The first-order chi connectivity index (χ1) is 7.16. The summed E-state index contributed by atoms with van der Waals surface area (Å²) in [6, 6.07) is 1.34. The number of hydrogen-bond acceptors (Lipinski definition) is 2. The van der Waals surface area contributed by atoms with Crippen molar-refractivity contribution in [3.63, 3.8) is 0 Å². The standard InChI is InChI=1S/C12H19N3/c1-7-6-10-11(8(2)14-15(10)3)12(7)13-9-4-5-9/h7,9,12-13H,4-6H2,1-3H3. The van der Waals surface area contributed by atoms with Crippen LogP contribution in [0, 0.1) is 12.8 Å². The zero-order valence-electron chi connectivity index (χ0n) is 9.75. The van der Waals surface area contributed by atoms with Crippen molar-refractivity contribution in [2.75, 3.05) is 0 Å². The molecule has 2 atom stereocenters. The van der Waals surface area contributed by atoms with Gasteiger partial charge in [0.2, 0.25) is 0 Å². The monoisotopic (exact) mass is 205 g/mol. The Labute approximate surface area is 90.9 Å². The molecule has 1 heterocycles. The number of nitrogens with one attached hydrogen (secondary N) is 1. The molecule has 1 aromatic heterocycles. The molecule has 1 fully saturated rings. The molecule has 1 N–H and O–H groups in total. The summed E-state index contributed by atoms with van der Waals surface area (Å²) in [6.45, 7) is 4.48. The number of nitrogens with zero attached hydrogens (tertiary/aromatic N) is 2. The number of fused-ring (bicyclic) bond motifs is 1. The van der Waals surface area contributed by atoms with Crippen LogP contribution in [0.5, 0.6) is 0 Å². The maximum Gasteiger partial charge on any atom is 0.0644 e. The highest BCUT2D eigenvalue weighted by atomic mass is 15.3. The summed E-state index contributed by atoms with van der Waals surface area (Å²) < 4.78 is 2.07. The molecule has 0 bridgehead atoms. The van der Waals surface area contributed by atoms with Crippen molar-refractivity contribution in [2.24, 2.45) is 13.0 Å². The quantitative estimate of drug-likeness (QED) is 0.796. The van der Waals surface area contributed by atoms with Gasteiger partial charge >= 0.3 is 0 Å². The van der Waals surface area contributed by atoms with Crippen LogP contribution in [0.15, 0.2) is 0 Å². The molecule has 2 aliphatic carbocycles. The van der Waals surface area contributed by atoms with Gasteiger partial charge in [0.25, 0.3) is 0 Å². The average molecular weight is 205 g/mol. The number of aromatic nitrogens is 2. The van der Waals surface area contributed by atoms with Gasteiger partial charge in [-0.2, -0.15) is 5.10 Å².